The molecular formula is C23H27FN2O3. The van der Waals surface area contributed by atoms with E-state index in [1.807, 2.05) is 12.1 Å². The summed E-state index contributed by atoms with van der Waals surface area (Å²) in [6.07, 6.45) is 0.788. The summed E-state index contributed by atoms with van der Waals surface area (Å²) in [5, 5.41) is 3.55. The molecule has 154 valence electrons. The van der Waals surface area contributed by atoms with Crippen molar-refractivity contribution in [2.75, 3.05) is 43.6 Å². The van der Waals surface area contributed by atoms with Crippen molar-refractivity contribution in [2.24, 2.45) is 0 Å². The van der Waals surface area contributed by atoms with E-state index in [4.69, 9.17) is 9.47 Å². The second kappa shape index (κ2) is 7.67. The summed E-state index contributed by atoms with van der Waals surface area (Å²) in [6, 6.07) is 10.9. The zero-order valence-corrected chi connectivity index (χ0v) is 17.1. The van der Waals surface area contributed by atoms with E-state index < -0.39 is 0 Å². The second-order valence-electron chi connectivity index (χ2n) is 8.38. The summed E-state index contributed by atoms with van der Waals surface area (Å²) in [5.41, 5.74) is 4.23. The largest absolute Gasteiger partial charge is 0.465 e. The summed E-state index contributed by atoms with van der Waals surface area (Å²) >= 11 is 0. The van der Waals surface area contributed by atoms with Crippen LogP contribution in [0, 0.1) is 5.82 Å². The van der Waals surface area contributed by atoms with E-state index in [9.17, 15) is 9.18 Å². The van der Waals surface area contributed by atoms with Gasteiger partial charge in [-0.15, -0.1) is 0 Å². The first-order valence-corrected chi connectivity index (χ1v) is 10.00. The molecule has 0 aliphatic carbocycles. The lowest BCUT2D eigenvalue weighted by molar-refractivity contribution is 0.0600. The van der Waals surface area contributed by atoms with Crippen molar-refractivity contribution < 1.29 is 18.7 Å². The van der Waals surface area contributed by atoms with Crippen LogP contribution < -0.4 is 10.2 Å². The number of ether oxygens (including phenoxy) is 2. The Morgan fingerprint density at radius 2 is 1.97 bits per heavy atom. The number of carbonyl (C=O) groups is 1. The number of hydrogen-bond donors (Lipinski definition) is 1. The maximum Gasteiger partial charge on any atom is 0.337 e. The standard InChI is InChI=1S/C23H27FN2O3/c1-23(2)14-21(25-20-5-4-15(12-19(20)23)22(27)28-3)16-10-17(24)13-18(11-16)26-6-8-29-9-7-26/h4-5,10-13,21,25H,6-9,14H2,1-3H3. The van der Waals surface area contributed by atoms with E-state index >= 15 is 0 Å². The van der Waals surface area contributed by atoms with Crippen LogP contribution in [0.5, 0.6) is 0 Å². The van der Waals surface area contributed by atoms with Gasteiger partial charge in [-0.1, -0.05) is 13.8 Å². The number of esters is 1. The van der Waals surface area contributed by atoms with E-state index in [0.29, 0.717) is 18.8 Å². The topological polar surface area (TPSA) is 50.8 Å². The van der Waals surface area contributed by atoms with Gasteiger partial charge >= 0.3 is 5.97 Å². The Bertz CT molecular complexity index is 922. The van der Waals surface area contributed by atoms with Crippen molar-refractivity contribution in [1.82, 2.24) is 0 Å². The fraction of sp³-hybridized carbons (Fsp3) is 0.435. The maximum absolute atomic E-state index is 14.5. The van der Waals surface area contributed by atoms with Crippen molar-refractivity contribution in [2.45, 2.75) is 31.7 Å². The number of nitrogens with one attached hydrogen (secondary N) is 1. The summed E-state index contributed by atoms with van der Waals surface area (Å²) in [6.45, 7) is 7.18. The number of nitrogens with zero attached hydrogens (tertiary/aromatic N) is 1. The van der Waals surface area contributed by atoms with E-state index in [-0.39, 0.29) is 23.2 Å². The van der Waals surface area contributed by atoms with Crippen molar-refractivity contribution in [3.05, 3.63) is 58.9 Å². The highest BCUT2D eigenvalue weighted by molar-refractivity contribution is 5.90. The molecule has 1 N–H and O–H groups in total. The lowest BCUT2D eigenvalue weighted by Gasteiger charge is -2.39. The normalized spacial score (nSPS) is 20.6. The van der Waals surface area contributed by atoms with Gasteiger partial charge in [0.2, 0.25) is 0 Å². The lowest BCUT2D eigenvalue weighted by atomic mass is 9.73. The average molecular weight is 398 g/mol. The number of fused-ring (bicyclic) bond motifs is 1. The molecule has 5 nitrogen and oxygen atoms in total. The molecule has 0 aromatic heterocycles. The molecule has 1 unspecified atom stereocenters. The Hall–Kier alpha value is -2.60. The minimum atomic E-state index is -0.342. The molecule has 2 aromatic carbocycles. The van der Waals surface area contributed by atoms with Crippen LogP contribution >= 0.6 is 0 Å². The Kier molecular flexibility index (Phi) is 5.21. The number of rotatable bonds is 3. The Morgan fingerprint density at radius 3 is 2.69 bits per heavy atom. The fourth-order valence-electron chi connectivity index (χ4n) is 4.34. The Morgan fingerprint density at radius 1 is 1.21 bits per heavy atom. The van der Waals surface area contributed by atoms with E-state index in [2.05, 4.69) is 30.1 Å². The van der Waals surface area contributed by atoms with Crippen molar-refractivity contribution in [1.29, 1.82) is 0 Å². The first-order valence-electron chi connectivity index (χ1n) is 10.00. The number of benzene rings is 2. The zero-order chi connectivity index (χ0) is 20.6. The third-order valence-corrected chi connectivity index (χ3v) is 5.90. The predicted octanol–water partition coefficient (Wildman–Crippen LogP) is 4.28. The molecule has 6 heteroatoms. The van der Waals surface area contributed by atoms with Gasteiger partial charge in [-0.2, -0.15) is 0 Å². The summed E-state index contributed by atoms with van der Waals surface area (Å²) < 4.78 is 24.7. The molecule has 0 saturated carbocycles. The summed E-state index contributed by atoms with van der Waals surface area (Å²) in [4.78, 5) is 14.1. The van der Waals surface area contributed by atoms with Gasteiger partial charge in [-0.25, -0.2) is 9.18 Å². The minimum absolute atomic E-state index is 0.0167. The first kappa shape index (κ1) is 19.7. The van der Waals surface area contributed by atoms with Crippen LogP contribution in [0.4, 0.5) is 15.8 Å². The number of methoxy groups -OCH3 is 1. The van der Waals surface area contributed by atoms with Gasteiger partial charge in [0, 0.05) is 24.5 Å². The molecule has 2 aliphatic rings. The third kappa shape index (κ3) is 3.94. The Balaban J connectivity index is 1.66. The number of hydrogen-bond acceptors (Lipinski definition) is 5. The van der Waals surface area contributed by atoms with E-state index in [0.717, 1.165) is 42.0 Å². The van der Waals surface area contributed by atoms with Gasteiger partial charge in [-0.05, 0) is 59.4 Å². The van der Waals surface area contributed by atoms with E-state index in [1.54, 1.807) is 18.2 Å². The molecule has 2 heterocycles. The van der Waals surface area contributed by atoms with Gasteiger partial charge in [0.25, 0.3) is 0 Å². The maximum atomic E-state index is 14.5. The quantitative estimate of drug-likeness (QED) is 0.782. The molecule has 4 rings (SSSR count). The van der Waals surface area contributed by atoms with Gasteiger partial charge in [0.05, 0.1) is 31.9 Å². The first-order chi connectivity index (χ1) is 13.9. The van der Waals surface area contributed by atoms with Crippen molar-refractivity contribution >= 4 is 17.3 Å². The highest BCUT2D eigenvalue weighted by atomic mass is 19.1. The van der Waals surface area contributed by atoms with Crippen LogP contribution in [0.2, 0.25) is 0 Å². The van der Waals surface area contributed by atoms with Gasteiger partial charge in [-0.3, -0.25) is 0 Å². The third-order valence-electron chi connectivity index (χ3n) is 5.90. The van der Waals surface area contributed by atoms with Crippen molar-refractivity contribution in [3.8, 4) is 0 Å². The average Bonchev–Trinajstić information content (AvgIpc) is 2.72. The molecule has 1 atom stereocenters. The summed E-state index contributed by atoms with van der Waals surface area (Å²) in [7, 11) is 1.39. The highest BCUT2D eigenvalue weighted by Crippen LogP contribution is 2.45. The fourth-order valence-corrected chi connectivity index (χ4v) is 4.34. The zero-order valence-electron chi connectivity index (χ0n) is 17.1. The molecule has 29 heavy (non-hydrogen) atoms. The van der Waals surface area contributed by atoms with Crippen molar-refractivity contribution in [3.63, 3.8) is 0 Å². The minimum Gasteiger partial charge on any atom is -0.465 e. The van der Waals surface area contributed by atoms with Crippen LogP contribution in [0.25, 0.3) is 0 Å². The van der Waals surface area contributed by atoms with Crippen LogP contribution in [-0.2, 0) is 14.9 Å². The molecular weight excluding hydrogens is 371 g/mol. The molecule has 0 bridgehead atoms. The second-order valence-corrected chi connectivity index (χ2v) is 8.38. The highest BCUT2D eigenvalue weighted by Gasteiger charge is 2.34. The SMILES string of the molecule is COC(=O)c1ccc2c(c1)C(C)(C)CC(c1cc(F)cc(N3CCOCC3)c1)N2. The van der Waals surface area contributed by atoms with Gasteiger partial charge < -0.3 is 19.7 Å². The van der Waals surface area contributed by atoms with Crippen LogP contribution in [-0.4, -0.2) is 39.4 Å². The number of halogens is 1. The van der Waals surface area contributed by atoms with Crippen LogP contribution in [0.1, 0.15) is 47.8 Å². The monoisotopic (exact) mass is 398 g/mol. The predicted molar refractivity (Wildman–Crippen MR) is 111 cm³/mol. The van der Waals surface area contributed by atoms with Gasteiger partial charge in [0.15, 0.2) is 0 Å². The van der Waals surface area contributed by atoms with Gasteiger partial charge in [0.1, 0.15) is 5.82 Å². The number of carbonyl (C=O) groups excluding carboxylic acids is 1. The van der Waals surface area contributed by atoms with E-state index in [1.165, 1.54) is 7.11 Å². The number of anilines is 2. The lowest BCUT2D eigenvalue weighted by Crippen LogP contribution is -2.36. The number of morpholine rings is 1. The Labute approximate surface area is 170 Å². The molecule has 0 spiro atoms. The molecule has 0 radical (unpaired) electrons. The van der Waals surface area contributed by atoms with Crippen LogP contribution in [0.15, 0.2) is 36.4 Å². The molecule has 1 fully saturated rings. The summed E-state index contributed by atoms with van der Waals surface area (Å²) in [5.74, 6) is -0.568. The smallest absolute Gasteiger partial charge is 0.337 e. The molecule has 2 aromatic rings. The molecule has 1 saturated heterocycles. The molecule has 0 amide bonds. The van der Waals surface area contributed by atoms with Crippen LogP contribution in [0.3, 0.4) is 0 Å². The molecule has 2 aliphatic heterocycles.